The van der Waals surface area contributed by atoms with E-state index >= 15 is 0 Å². The molecule has 1 aromatic carbocycles. The van der Waals surface area contributed by atoms with Crippen molar-refractivity contribution in [2.24, 2.45) is 0 Å². The van der Waals surface area contributed by atoms with Gasteiger partial charge in [0.1, 0.15) is 17.7 Å². The van der Waals surface area contributed by atoms with E-state index in [9.17, 15) is 9.18 Å². The van der Waals surface area contributed by atoms with Crippen LogP contribution in [0, 0.1) is 5.82 Å². The van der Waals surface area contributed by atoms with Gasteiger partial charge in [-0.1, -0.05) is 30.3 Å². The van der Waals surface area contributed by atoms with Crippen LogP contribution >= 0.6 is 0 Å². The Labute approximate surface area is 137 Å². The van der Waals surface area contributed by atoms with Crippen LogP contribution < -0.4 is 10.6 Å². The molecule has 6 nitrogen and oxygen atoms in total. The second-order valence-corrected chi connectivity index (χ2v) is 5.11. The van der Waals surface area contributed by atoms with Gasteiger partial charge < -0.3 is 9.73 Å². The lowest BCUT2D eigenvalue weighted by atomic mass is 10.2. The number of rotatable bonds is 4. The Morgan fingerprint density at radius 1 is 1.12 bits per heavy atom. The number of benzene rings is 1. The number of aromatic nitrogens is 2. The van der Waals surface area contributed by atoms with Crippen molar-refractivity contribution in [1.29, 1.82) is 0 Å². The Morgan fingerprint density at radius 3 is 2.62 bits per heavy atom. The fourth-order valence-corrected chi connectivity index (χ4v) is 2.08. The first-order valence-corrected chi connectivity index (χ1v) is 7.32. The van der Waals surface area contributed by atoms with Gasteiger partial charge in [0.2, 0.25) is 5.89 Å². The molecule has 122 valence electrons. The molecule has 0 aliphatic heterocycles. The molecule has 0 aliphatic rings. The number of oxazole rings is 1. The van der Waals surface area contributed by atoms with E-state index in [2.05, 4.69) is 20.6 Å². The highest BCUT2D eigenvalue weighted by Gasteiger charge is 2.16. The fourth-order valence-electron chi connectivity index (χ4n) is 2.08. The second-order valence-electron chi connectivity index (χ2n) is 5.11. The SMILES string of the molecule is C[C@H](NC(=O)Nc1ccc(F)cn1)c1ncc(-c2ccccc2)o1. The quantitative estimate of drug-likeness (QED) is 0.765. The number of nitrogens with zero attached hydrogens (tertiary/aromatic N) is 2. The van der Waals surface area contributed by atoms with Gasteiger partial charge in [-0.05, 0) is 19.1 Å². The van der Waals surface area contributed by atoms with E-state index in [1.165, 1.54) is 12.1 Å². The first-order chi connectivity index (χ1) is 11.6. The van der Waals surface area contributed by atoms with Crippen molar-refractivity contribution in [3.8, 4) is 11.3 Å². The lowest BCUT2D eigenvalue weighted by molar-refractivity contribution is 0.247. The predicted octanol–water partition coefficient (Wildman–Crippen LogP) is 3.76. The van der Waals surface area contributed by atoms with Crippen molar-refractivity contribution in [2.75, 3.05) is 5.32 Å². The highest BCUT2D eigenvalue weighted by Crippen LogP contribution is 2.22. The van der Waals surface area contributed by atoms with Crippen LogP contribution in [0.4, 0.5) is 15.0 Å². The Balaban J connectivity index is 1.62. The molecule has 0 spiro atoms. The number of hydrogen-bond acceptors (Lipinski definition) is 4. The minimum Gasteiger partial charge on any atom is -0.438 e. The predicted molar refractivity (Wildman–Crippen MR) is 86.7 cm³/mol. The molecule has 0 unspecified atom stereocenters. The third-order valence-corrected chi connectivity index (χ3v) is 3.27. The maximum absolute atomic E-state index is 12.8. The molecular formula is C17H15FN4O2. The van der Waals surface area contributed by atoms with Gasteiger partial charge in [0.15, 0.2) is 5.76 Å². The molecule has 2 aromatic heterocycles. The summed E-state index contributed by atoms with van der Waals surface area (Å²) >= 11 is 0. The highest BCUT2D eigenvalue weighted by atomic mass is 19.1. The zero-order valence-corrected chi connectivity index (χ0v) is 12.9. The molecule has 24 heavy (non-hydrogen) atoms. The van der Waals surface area contributed by atoms with Gasteiger partial charge in [0.05, 0.1) is 12.4 Å². The lowest BCUT2D eigenvalue weighted by Crippen LogP contribution is -2.31. The standard InChI is InChI=1S/C17H15FN4O2/c1-11(21-17(23)22-15-8-7-13(18)9-19-15)16-20-10-14(24-16)12-5-3-2-4-6-12/h2-11H,1H3,(H2,19,21,22,23)/t11-/m0/s1. The van der Waals surface area contributed by atoms with Crippen LogP contribution in [-0.4, -0.2) is 16.0 Å². The van der Waals surface area contributed by atoms with Crippen molar-refractivity contribution in [3.63, 3.8) is 0 Å². The van der Waals surface area contributed by atoms with Crippen LogP contribution in [-0.2, 0) is 0 Å². The summed E-state index contributed by atoms with van der Waals surface area (Å²) in [6.07, 6.45) is 2.64. The number of halogens is 1. The number of amides is 2. The number of pyridine rings is 1. The lowest BCUT2D eigenvalue weighted by Gasteiger charge is -2.11. The average Bonchev–Trinajstić information content (AvgIpc) is 3.08. The zero-order valence-electron chi connectivity index (χ0n) is 12.9. The second kappa shape index (κ2) is 6.91. The van der Waals surface area contributed by atoms with Crippen molar-refractivity contribution in [1.82, 2.24) is 15.3 Å². The Hall–Kier alpha value is -3.22. The molecule has 0 radical (unpaired) electrons. The molecule has 0 fully saturated rings. The topological polar surface area (TPSA) is 80.0 Å². The van der Waals surface area contributed by atoms with Gasteiger partial charge in [-0.3, -0.25) is 5.32 Å². The summed E-state index contributed by atoms with van der Waals surface area (Å²) in [5.41, 5.74) is 0.906. The van der Waals surface area contributed by atoms with Crippen molar-refractivity contribution in [3.05, 3.63) is 66.6 Å². The number of nitrogens with one attached hydrogen (secondary N) is 2. The third kappa shape index (κ3) is 3.75. The Bertz CT molecular complexity index is 818. The minimum atomic E-state index is -0.485. The summed E-state index contributed by atoms with van der Waals surface area (Å²) < 4.78 is 18.5. The van der Waals surface area contributed by atoms with Gasteiger partial charge in [0.25, 0.3) is 0 Å². The molecule has 2 N–H and O–H groups in total. The first-order valence-electron chi connectivity index (χ1n) is 7.32. The summed E-state index contributed by atoms with van der Waals surface area (Å²) in [4.78, 5) is 19.9. The van der Waals surface area contributed by atoms with Crippen LogP contribution in [0.5, 0.6) is 0 Å². The molecule has 1 atom stereocenters. The molecule has 0 saturated carbocycles. The van der Waals surface area contributed by atoms with E-state index in [1.807, 2.05) is 30.3 Å². The summed E-state index contributed by atoms with van der Waals surface area (Å²) in [7, 11) is 0. The van der Waals surface area contributed by atoms with Crippen molar-refractivity contribution < 1.29 is 13.6 Å². The number of hydrogen-bond donors (Lipinski definition) is 2. The Kier molecular flexibility index (Phi) is 4.51. The molecule has 0 aliphatic carbocycles. The largest absolute Gasteiger partial charge is 0.438 e. The van der Waals surface area contributed by atoms with E-state index in [1.54, 1.807) is 13.1 Å². The van der Waals surface area contributed by atoms with E-state index < -0.39 is 17.9 Å². The molecule has 0 saturated heterocycles. The molecular weight excluding hydrogens is 311 g/mol. The van der Waals surface area contributed by atoms with Crippen LogP contribution in [0.2, 0.25) is 0 Å². The van der Waals surface area contributed by atoms with Gasteiger partial charge >= 0.3 is 6.03 Å². The van der Waals surface area contributed by atoms with Gasteiger partial charge in [-0.2, -0.15) is 0 Å². The van der Waals surface area contributed by atoms with Gasteiger partial charge in [-0.25, -0.2) is 19.2 Å². The molecule has 2 amide bonds. The molecule has 0 bridgehead atoms. The molecule has 3 aromatic rings. The maximum atomic E-state index is 12.8. The first kappa shape index (κ1) is 15.7. The van der Waals surface area contributed by atoms with E-state index in [-0.39, 0.29) is 5.82 Å². The average molecular weight is 326 g/mol. The van der Waals surface area contributed by atoms with Crippen LogP contribution in [0.15, 0.2) is 59.3 Å². The van der Waals surface area contributed by atoms with Gasteiger partial charge in [-0.15, -0.1) is 0 Å². The zero-order chi connectivity index (χ0) is 16.9. The summed E-state index contributed by atoms with van der Waals surface area (Å²) in [5.74, 6) is 0.789. The highest BCUT2D eigenvalue weighted by molar-refractivity contribution is 5.88. The van der Waals surface area contributed by atoms with E-state index in [0.717, 1.165) is 11.8 Å². The van der Waals surface area contributed by atoms with Gasteiger partial charge in [0, 0.05) is 5.56 Å². The number of carbonyl (C=O) groups is 1. The van der Waals surface area contributed by atoms with Crippen LogP contribution in [0.25, 0.3) is 11.3 Å². The molecule has 7 heteroatoms. The monoisotopic (exact) mass is 326 g/mol. The smallest absolute Gasteiger partial charge is 0.321 e. The summed E-state index contributed by atoms with van der Waals surface area (Å²) in [6.45, 7) is 1.75. The number of urea groups is 1. The normalized spacial score (nSPS) is 11.8. The Morgan fingerprint density at radius 2 is 1.92 bits per heavy atom. The molecule has 3 rings (SSSR count). The van der Waals surface area contributed by atoms with E-state index in [4.69, 9.17) is 4.42 Å². The summed E-state index contributed by atoms with van der Waals surface area (Å²) in [5, 5.41) is 5.20. The number of carbonyl (C=O) groups excluding carboxylic acids is 1. The number of anilines is 1. The van der Waals surface area contributed by atoms with Crippen molar-refractivity contribution >= 4 is 11.8 Å². The van der Waals surface area contributed by atoms with Crippen LogP contribution in [0.3, 0.4) is 0 Å². The minimum absolute atomic E-state index is 0.249. The maximum Gasteiger partial charge on any atom is 0.321 e. The fraction of sp³-hybridized carbons (Fsp3) is 0.118. The van der Waals surface area contributed by atoms with Crippen LogP contribution in [0.1, 0.15) is 18.9 Å². The van der Waals surface area contributed by atoms with E-state index in [0.29, 0.717) is 11.7 Å². The summed E-state index contributed by atoms with van der Waals surface area (Å²) in [6, 6.07) is 11.2. The van der Waals surface area contributed by atoms with Crippen molar-refractivity contribution in [2.45, 2.75) is 13.0 Å². The molecule has 2 heterocycles. The third-order valence-electron chi connectivity index (χ3n) is 3.27.